The predicted octanol–water partition coefficient (Wildman–Crippen LogP) is 0.330. The molecule has 0 radical (unpaired) electrons. The highest BCUT2D eigenvalue weighted by Crippen LogP contribution is 1.83. The van der Waals surface area contributed by atoms with Gasteiger partial charge in [-0.15, -0.1) is 0 Å². The average Bonchev–Trinajstić information content (AvgIpc) is 2.19. The molecule has 0 unspecified atom stereocenters. The fourth-order valence-corrected chi connectivity index (χ4v) is 0.430. The number of nitrogens with zero attached hydrogens (tertiary/aromatic N) is 2. The number of aromatic nitrogens is 2. The van der Waals surface area contributed by atoms with Gasteiger partial charge in [-0.2, -0.15) is 0 Å². The van der Waals surface area contributed by atoms with Crippen molar-refractivity contribution in [1.29, 1.82) is 0 Å². The molecule has 0 spiro atoms. The summed E-state index contributed by atoms with van der Waals surface area (Å²) in [6.07, 6.45) is 4.85. The molecule has 44 valence electrons. The van der Waals surface area contributed by atoms with Gasteiger partial charge in [-0.3, -0.25) is 0 Å². The maximum Gasteiger partial charge on any atom is 0.158 e. The Balaban J connectivity index is 2.50. The van der Waals surface area contributed by atoms with Gasteiger partial charge in [0.1, 0.15) is 0 Å². The van der Waals surface area contributed by atoms with Gasteiger partial charge in [-0.05, 0) is 0 Å². The van der Waals surface area contributed by atoms with E-state index >= 15 is 0 Å². The first-order valence-electron chi connectivity index (χ1n) is 2.15. The maximum atomic E-state index is 7.89. The van der Waals surface area contributed by atoms with Crippen LogP contribution >= 0.6 is 0 Å². The molecule has 0 aliphatic rings. The minimum absolute atomic E-state index is 0.139. The second kappa shape index (κ2) is 2.44. The third kappa shape index (κ3) is 1.05. The van der Waals surface area contributed by atoms with Gasteiger partial charge in [0, 0.05) is 12.4 Å². The zero-order chi connectivity index (χ0) is 5.82. The monoisotopic (exact) mass is 114 g/mol. The van der Waals surface area contributed by atoms with Gasteiger partial charge in [0.2, 0.25) is 0 Å². The predicted molar refractivity (Wildman–Crippen MR) is 25.9 cm³/mol. The Kier molecular flexibility index (Phi) is 1.61. The summed E-state index contributed by atoms with van der Waals surface area (Å²) in [5.74, 6) is 0. The molecule has 0 amide bonds. The molecule has 0 aromatic carbocycles. The standard InChI is InChI=1S/C4H6N2O2/c7-8-4-6-2-1-5-3-6/h1-3,7H,4H2. The zero-order valence-electron chi connectivity index (χ0n) is 4.19. The van der Waals surface area contributed by atoms with E-state index < -0.39 is 0 Å². The molecule has 0 aliphatic carbocycles. The molecule has 1 heterocycles. The van der Waals surface area contributed by atoms with Crippen molar-refractivity contribution in [1.82, 2.24) is 9.55 Å². The molecular weight excluding hydrogens is 108 g/mol. The Bertz CT molecular complexity index is 138. The van der Waals surface area contributed by atoms with Crippen LogP contribution in [-0.2, 0) is 11.6 Å². The lowest BCUT2D eigenvalue weighted by molar-refractivity contribution is -0.269. The molecule has 4 heteroatoms. The van der Waals surface area contributed by atoms with Gasteiger partial charge in [0.25, 0.3) is 0 Å². The number of imidazole rings is 1. The van der Waals surface area contributed by atoms with Crippen LogP contribution in [0.4, 0.5) is 0 Å². The minimum Gasteiger partial charge on any atom is -0.311 e. The van der Waals surface area contributed by atoms with Gasteiger partial charge in [0.05, 0.1) is 6.33 Å². The first-order chi connectivity index (χ1) is 3.93. The summed E-state index contributed by atoms with van der Waals surface area (Å²) in [5, 5.41) is 7.89. The lowest BCUT2D eigenvalue weighted by atomic mass is 10.9. The van der Waals surface area contributed by atoms with Gasteiger partial charge < -0.3 is 4.57 Å². The summed E-state index contributed by atoms with van der Waals surface area (Å²) in [7, 11) is 0. The first-order valence-corrected chi connectivity index (χ1v) is 2.15. The SMILES string of the molecule is OOCn1ccnc1. The molecule has 0 saturated heterocycles. The molecule has 1 aromatic heterocycles. The summed E-state index contributed by atoms with van der Waals surface area (Å²) in [5.41, 5.74) is 0. The van der Waals surface area contributed by atoms with E-state index in [4.69, 9.17) is 5.26 Å². The molecule has 1 aromatic rings. The smallest absolute Gasteiger partial charge is 0.158 e. The molecule has 0 fully saturated rings. The average molecular weight is 114 g/mol. The molecule has 0 atom stereocenters. The van der Waals surface area contributed by atoms with Crippen LogP contribution in [-0.4, -0.2) is 14.8 Å². The van der Waals surface area contributed by atoms with Gasteiger partial charge in [-0.25, -0.2) is 15.1 Å². The summed E-state index contributed by atoms with van der Waals surface area (Å²) < 4.78 is 1.60. The van der Waals surface area contributed by atoms with Crippen molar-refractivity contribution in [3.05, 3.63) is 18.7 Å². The summed E-state index contributed by atoms with van der Waals surface area (Å²) in [6, 6.07) is 0. The molecule has 0 saturated carbocycles. The fraction of sp³-hybridized carbons (Fsp3) is 0.250. The van der Waals surface area contributed by atoms with E-state index in [1.165, 1.54) is 0 Å². The lowest BCUT2D eigenvalue weighted by Crippen LogP contribution is -1.95. The van der Waals surface area contributed by atoms with Crippen molar-refractivity contribution in [2.24, 2.45) is 0 Å². The van der Waals surface area contributed by atoms with Crippen LogP contribution in [0.25, 0.3) is 0 Å². The molecule has 4 nitrogen and oxygen atoms in total. The molecular formula is C4H6N2O2. The highest BCUT2D eigenvalue weighted by atomic mass is 17.1. The van der Waals surface area contributed by atoms with Crippen molar-refractivity contribution >= 4 is 0 Å². The normalized spacial score (nSPS) is 9.62. The summed E-state index contributed by atoms with van der Waals surface area (Å²) in [6.45, 7) is 0.139. The van der Waals surface area contributed by atoms with E-state index in [2.05, 4.69) is 9.87 Å². The zero-order valence-corrected chi connectivity index (χ0v) is 4.19. The first kappa shape index (κ1) is 5.27. The van der Waals surface area contributed by atoms with Crippen molar-refractivity contribution < 1.29 is 10.1 Å². The van der Waals surface area contributed by atoms with Gasteiger partial charge >= 0.3 is 0 Å². The van der Waals surface area contributed by atoms with Crippen molar-refractivity contribution in [3.8, 4) is 0 Å². The Morgan fingerprint density at radius 3 is 3.12 bits per heavy atom. The number of rotatable bonds is 2. The van der Waals surface area contributed by atoms with Crippen LogP contribution in [0.1, 0.15) is 0 Å². The Morgan fingerprint density at radius 1 is 1.75 bits per heavy atom. The lowest BCUT2D eigenvalue weighted by Gasteiger charge is -1.92. The van der Waals surface area contributed by atoms with E-state index in [-0.39, 0.29) is 6.73 Å². The van der Waals surface area contributed by atoms with Gasteiger partial charge in [-0.1, -0.05) is 0 Å². The van der Waals surface area contributed by atoms with E-state index in [1.54, 1.807) is 23.3 Å². The topological polar surface area (TPSA) is 47.3 Å². The maximum absolute atomic E-state index is 7.89. The van der Waals surface area contributed by atoms with Gasteiger partial charge in [0.15, 0.2) is 6.73 Å². The quantitative estimate of drug-likeness (QED) is 0.445. The van der Waals surface area contributed by atoms with Crippen LogP contribution in [0.15, 0.2) is 18.7 Å². The second-order valence-corrected chi connectivity index (χ2v) is 1.34. The Morgan fingerprint density at radius 2 is 2.62 bits per heavy atom. The summed E-state index contributed by atoms with van der Waals surface area (Å²) in [4.78, 5) is 7.52. The molecule has 0 bridgehead atoms. The van der Waals surface area contributed by atoms with Crippen molar-refractivity contribution in [3.63, 3.8) is 0 Å². The second-order valence-electron chi connectivity index (χ2n) is 1.34. The third-order valence-electron chi connectivity index (χ3n) is 0.766. The van der Waals surface area contributed by atoms with Crippen molar-refractivity contribution in [2.45, 2.75) is 6.73 Å². The highest BCUT2D eigenvalue weighted by molar-refractivity contribution is 4.71. The van der Waals surface area contributed by atoms with Crippen LogP contribution in [0.5, 0.6) is 0 Å². The minimum atomic E-state index is 0.139. The molecule has 1 rings (SSSR count). The summed E-state index contributed by atoms with van der Waals surface area (Å²) >= 11 is 0. The Hall–Kier alpha value is -0.870. The van der Waals surface area contributed by atoms with Crippen LogP contribution in [0.3, 0.4) is 0 Å². The number of hydrogen-bond acceptors (Lipinski definition) is 3. The van der Waals surface area contributed by atoms with Crippen LogP contribution < -0.4 is 0 Å². The van der Waals surface area contributed by atoms with E-state index in [0.29, 0.717) is 0 Å². The van der Waals surface area contributed by atoms with E-state index in [9.17, 15) is 0 Å². The van der Waals surface area contributed by atoms with E-state index in [1.807, 2.05) is 0 Å². The highest BCUT2D eigenvalue weighted by Gasteiger charge is 1.83. The third-order valence-corrected chi connectivity index (χ3v) is 0.766. The molecule has 1 N–H and O–H groups in total. The van der Waals surface area contributed by atoms with E-state index in [0.717, 1.165) is 0 Å². The fourth-order valence-electron chi connectivity index (χ4n) is 0.430. The van der Waals surface area contributed by atoms with Crippen LogP contribution in [0, 0.1) is 0 Å². The molecule has 8 heavy (non-hydrogen) atoms. The Labute approximate surface area is 46.3 Å². The van der Waals surface area contributed by atoms with Crippen LogP contribution in [0.2, 0.25) is 0 Å². The van der Waals surface area contributed by atoms with Crippen molar-refractivity contribution in [2.75, 3.05) is 0 Å². The molecule has 0 aliphatic heterocycles. The largest absolute Gasteiger partial charge is 0.311 e. The number of hydrogen-bond donors (Lipinski definition) is 1.